The van der Waals surface area contributed by atoms with Gasteiger partial charge >= 0.3 is 5.97 Å². The zero-order chi connectivity index (χ0) is 12.3. The van der Waals surface area contributed by atoms with Crippen molar-refractivity contribution in [3.63, 3.8) is 0 Å². The van der Waals surface area contributed by atoms with Crippen LogP contribution in [0.3, 0.4) is 0 Å². The van der Waals surface area contributed by atoms with Gasteiger partial charge in [0.2, 0.25) is 5.91 Å². The minimum atomic E-state index is -0.964. The fourth-order valence-corrected chi connectivity index (χ4v) is 1.98. The number of aliphatic carboxylic acids is 1. The first-order valence-electron chi connectivity index (χ1n) is 5.65. The van der Waals surface area contributed by atoms with E-state index in [0.29, 0.717) is 0 Å². The van der Waals surface area contributed by atoms with Gasteiger partial charge in [-0.3, -0.25) is 9.69 Å². The topological polar surface area (TPSA) is 60.9 Å². The molecule has 2 atom stereocenters. The maximum Gasteiger partial charge on any atom is 0.326 e. The second kappa shape index (κ2) is 5.30. The van der Waals surface area contributed by atoms with Crippen molar-refractivity contribution >= 4 is 11.9 Å². The van der Waals surface area contributed by atoms with Gasteiger partial charge in [0.25, 0.3) is 0 Å². The van der Waals surface area contributed by atoms with E-state index in [1.54, 1.807) is 7.05 Å². The van der Waals surface area contributed by atoms with Crippen LogP contribution >= 0.6 is 0 Å². The number of hydrogen-bond donors (Lipinski definition) is 1. The molecule has 0 bridgehead atoms. The average Bonchev–Trinajstić information content (AvgIpc) is 2.26. The molecule has 1 N–H and O–H groups in total. The predicted molar refractivity (Wildman–Crippen MR) is 60.1 cm³/mol. The Morgan fingerprint density at radius 1 is 1.44 bits per heavy atom. The molecule has 2 unspecified atom stereocenters. The van der Waals surface area contributed by atoms with E-state index in [-0.39, 0.29) is 11.9 Å². The Balaban J connectivity index is 2.65. The van der Waals surface area contributed by atoms with Gasteiger partial charge in [-0.1, -0.05) is 6.42 Å². The molecule has 0 saturated carbocycles. The van der Waals surface area contributed by atoms with Gasteiger partial charge in [-0.2, -0.15) is 0 Å². The summed E-state index contributed by atoms with van der Waals surface area (Å²) >= 11 is 0. The largest absolute Gasteiger partial charge is 0.480 e. The number of carbonyl (C=O) groups excluding carboxylic acids is 1. The van der Waals surface area contributed by atoms with E-state index in [1.165, 1.54) is 11.8 Å². The third kappa shape index (κ3) is 2.72. The van der Waals surface area contributed by atoms with E-state index >= 15 is 0 Å². The molecule has 1 heterocycles. The molecule has 1 amide bonds. The molecule has 1 rings (SSSR count). The molecule has 1 fully saturated rings. The molecule has 0 spiro atoms. The first kappa shape index (κ1) is 13.0. The van der Waals surface area contributed by atoms with Crippen molar-refractivity contribution in [2.75, 3.05) is 20.6 Å². The SMILES string of the molecule is CC(C(=O)O)N(C)C(=O)C1CCCCN1C. The Bertz CT molecular complexity index is 280. The Kier molecular flexibility index (Phi) is 4.29. The Morgan fingerprint density at radius 2 is 2.06 bits per heavy atom. The fraction of sp³-hybridized carbons (Fsp3) is 0.818. The summed E-state index contributed by atoms with van der Waals surface area (Å²) in [4.78, 5) is 26.2. The number of likely N-dealkylation sites (N-methyl/N-ethyl adjacent to an activating group) is 2. The third-order valence-electron chi connectivity index (χ3n) is 3.34. The van der Waals surface area contributed by atoms with Crippen molar-refractivity contribution in [1.29, 1.82) is 0 Å². The second-order valence-electron chi connectivity index (χ2n) is 4.46. The molecule has 0 aromatic rings. The monoisotopic (exact) mass is 228 g/mol. The molecule has 16 heavy (non-hydrogen) atoms. The number of carboxylic acid groups (broad SMARTS) is 1. The lowest BCUT2D eigenvalue weighted by Gasteiger charge is -2.35. The summed E-state index contributed by atoms with van der Waals surface area (Å²) in [5.41, 5.74) is 0. The standard InChI is InChI=1S/C11H20N2O3/c1-8(11(15)16)13(3)10(14)9-6-4-5-7-12(9)2/h8-9H,4-7H2,1-3H3,(H,15,16). The summed E-state index contributed by atoms with van der Waals surface area (Å²) in [6, 6.07) is -0.914. The predicted octanol–water partition coefficient (Wildman–Crippen LogP) is 0.402. The van der Waals surface area contributed by atoms with Crippen LogP contribution in [0, 0.1) is 0 Å². The lowest BCUT2D eigenvalue weighted by molar-refractivity contribution is -0.150. The Labute approximate surface area is 96.0 Å². The Hall–Kier alpha value is -1.10. The molecule has 1 aliphatic rings. The number of piperidine rings is 1. The first-order valence-corrected chi connectivity index (χ1v) is 5.65. The first-order chi connectivity index (χ1) is 7.45. The molecular weight excluding hydrogens is 208 g/mol. The molecule has 5 heteroatoms. The minimum Gasteiger partial charge on any atom is -0.480 e. The lowest BCUT2D eigenvalue weighted by Crippen LogP contribution is -2.51. The zero-order valence-electron chi connectivity index (χ0n) is 10.1. The van der Waals surface area contributed by atoms with Crippen molar-refractivity contribution in [2.45, 2.75) is 38.3 Å². The summed E-state index contributed by atoms with van der Waals surface area (Å²) in [6.07, 6.45) is 2.97. The maximum absolute atomic E-state index is 12.1. The Morgan fingerprint density at radius 3 is 2.56 bits per heavy atom. The number of hydrogen-bond acceptors (Lipinski definition) is 3. The summed E-state index contributed by atoms with van der Waals surface area (Å²) in [7, 11) is 3.48. The summed E-state index contributed by atoms with van der Waals surface area (Å²) < 4.78 is 0. The van der Waals surface area contributed by atoms with Gasteiger partial charge in [-0.05, 0) is 33.4 Å². The molecule has 0 aromatic carbocycles. The van der Waals surface area contributed by atoms with Crippen LogP contribution in [0.2, 0.25) is 0 Å². The van der Waals surface area contributed by atoms with Crippen molar-refractivity contribution in [1.82, 2.24) is 9.80 Å². The van der Waals surface area contributed by atoms with Crippen LogP contribution in [0.15, 0.2) is 0 Å². The molecule has 1 aliphatic heterocycles. The second-order valence-corrected chi connectivity index (χ2v) is 4.46. The third-order valence-corrected chi connectivity index (χ3v) is 3.34. The number of nitrogens with zero attached hydrogens (tertiary/aromatic N) is 2. The number of carbonyl (C=O) groups is 2. The zero-order valence-corrected chi connectivity index (χ0v) is 10.1. The molecular formula is C11H20N2O3. The molecule has 5 nitrogen and oxygen atoms in total. The van der Waals surface area contributed by atoms with Gasteiger partial charge in [-0.25, -0.2) is 4.79 Å². The normalized spacial score (nSPS) is 23.8. The molecule has 1 saturated heterocycles. The van der Waals surface area contributed by atoms with E-state index in [9.17, 15) is 9.59 Å². The van der Waals surface area contributed by atoms with Crippen molar-refractivity contribution in [3.05, 3.63) is 0 Å². The van der Waals surface area contributed by atoms with Crippen LogP contribution in [0.25, 0.3) is 0 Å². The molecule has 0 aliphatic carbocycles. The van der Waals surface area contributed by atoms with Gasteiger partial charge < -0.3 is 10.0 Å². The van der Waals surface area contributed by atoms with Crippen molar-refractivity contribution < 1.29 is 14.7 Å². The smallest absolute Gasteiger partial charge is 0.326 e. The van der Waals surface area contributed by atoms with Crippen molar-refractivity contribution in [2.24, 2.45) is 0 Å². The van der Waals surface area contributed by atoms with Gasteiger partial charge in [0.15, 0.2) is 0 Å². The van der Waals surface area contributed by atoms with Crippen LogP contribution in [0.5, 0.6) is 0 Å². The number of carboxylic acids is 1. The minimum absolute atomic E-state index is 0.0860. The molecule has 0 aromatic heterocycles. The van der Waals surface area contributed by atoms with Gasteiger partial charge in [0, 0.05) is 7.05 Å². The summed E-state index contributed by atoms with van der Waals surface area (Å²) in [5.74, 6) is -1.05. The average molecular weight is 228 g/mol. The molecule has 0 radical (unpaired) electrons. The summed E-state index contributed by atoms with van der Waals surface area (Å²) in [6.45, 7) is 2.44. The fourth-order valence-electron chi connectivity index (χ4n) is 1.98. The molecule has 92 valence electrons. The quantitative estimate of drug-likeness (QED) is 0.759. The highest BCUT2D eigenvalue weighted by atomic mass is 16.4. The number of likely N-dealkylation sites (tertiary alicyclic amines) is 1. The highest BCUT2D eigenvalue weighted by Crippen LogP contribution is 2.17. The van der Waals surface area contributed by atoms with Gasteiger partial charge in [-0.15, -0.1) is 0 Å². The maximum atomic E-state index is 12.1. The van der Waals surface area contributed by atoms with Crippen LogP contribution in [-0.2, 0) is 9.59 Å². The summed E-state index contributed by atoms with van der Waals surface area (Å²) in [5, 5.41) is 8.86. The highest BCUT2D eigenvalue weighted by molar-refractivity contribution is 5.86. The van der Waals surface area contributed by atoms with E-state index < -0.39 is 12.0 Å². The van der Waals surface area contributed by atoms with Gasteiger partial charge in [0.1, 0.15) is 6.04 Å². The highest BCUT2D eigenvalue weighted by Gasteiger charge is 2.31. The van der Waals surface area contributed by atoms with Crippen LogP contribution in [0.4, 0.5) is 0 Å². The van der Waals surface area contributed by atoms with Crippen molar-refractivity contribution in [3.8, 4) is 0 Å². The van der Waals surface area contributed by atoms with E-state index in [4.69, 9.17) is 5.11 Å². The van der Waals surface area contributed by atoms with Crippen LogP contribution in [0.1, 0.15) is 26.2 Å². The van der Waals surface area contributed by atoms with E-state index in [2.05, 4.69) is 0 Å². The van der Waals surface area contributed by atoms with Gasteiger partial charge in [0.05, 0.1) is 6.04 Å². The van der Waals surface area contributed by atoms with E-state index in [1.807, 2.05) is 11.9 Å². The van der Waals surface area contributed by atoms with Crippen LogP contribution in [-0.4, -0.2) is 59.5 Å². The number of amides is 1. The number of rotatable bonds is 3. The van der Waals surface area contributed by atoms with E-state index in [0.717, 1.165) is 25.8 Å². The lowest BCUT2D eigenvalue weighted by atomic mass is 10.0. The van der Waals surface area contributed by atoms with Crippen LogP contribution < -0.4 is 0 Å².